The molecular formula is C15H19NOS. The summed E-state index contributed by atoms with van der Waals surface area (Å²) in [7, 11) is 0. The summed E-state index contributed by atoms with van der Waals surface area (Å²) in [6, 6.07) is 12.5. The number of rotatable bonds is 5. The zero-order valence-electron chi connectivity index (χ0n) is 10.8. The number of hydrogen-bond acceptors (Lipinski definition) is 3. The molecule has 96 valence electrons. The molecule has 1 heterocycles. The predicted octanol–water partition coefficient (Wildman–Crippen LogP) is 4.05. The minimum absolute atomic E-state index is 0.0960. The summed E-state index contributed by atoms with van der Waals surface area (Å²) in [4.78, 5) is 1.36. The van der Waals surface area contributed by atoms with Gasteiger partial charge in [-0.3, -0.25) is 0 Å². The van der Waals surface area contributed by atoms with E-state index in [1.807, 2.05) is 24.3 Å². The Labute approximate surface area is 112 Å². The summed E-state index contributed by atoms with van der Waals surface area (Å²) in [6.45, 7) is 4.54. The second-order valence-corrected chi connectivity index (χ2v) is 5.72. The highest BCUT2D eigenvalue weighted by atomic mass is 32.1. The first-order chi connectivity index (χ1) is 8.70. The van der Waals surface area contributed by atoms with Crippen LogP contribution in [-0.2, 0) is 6.61 Å². The number of aliphatic hydroxyl groups is 1. The van der Waals surface area contributed by atoms with Crippen LogP contribution in [0.3, 0.4) is 0 Å². The number of thiophene rings is 1. The molecule has 1 aromatic carbocycles. The zero-order valence-corrected chi connectivity index (χ0v) is 11.6. The fraction of sp³-hybridized carbons (Fsp3) is 0.333. The lowest BCUT2D eigenvalue weighted by Crippen LogP contribution is -2.15. The van der Waals surface area contributed by atoms with Gasteiger partial charge >= 0.3 is 0 Å². The van der Waals surface area contributed by atoms with Crippen LogP contribution in [0.4, 0.5) is 5.69 Å². The van der Waals surface area contributed by atoms with Crippen molar-refractivity contribution in [2.45, 2.75) is 26.5 Å². The average Bonchev–Trinajstić information content (AvgIpc) is 2.90. The maximum atomic E-state index is 9.03. The van der Waals surface area contributed by atoms with Crippen LogP contribution in [-0.4, -0.2) is 5.11 Å². The molecule has 1 atom stereocenters. The Morgan fingerprint density at radius 3 is 2.39 bits per heavy atom. The molecule has 0 saturated carbocycles. The Morgan fingerprint density at radius 1 is 1.17 bits per heavy atom. The largest absolute Gasteiger partial charge is 0.392 e. The maximum Gasteiger partial charge on any atom is 0.0681 e. The lowest BCUT2D eigenvalue weighted by molar-refractivity contribution is 0.282. The Kier molecular flexibility index (Phi) is 4.39. The van der Waals surface area contributed by atoms with Crippen molar-refractivity contribution in [3.05, 3.63) is 52.2 Å². The predicted molar refractivity (Wildman–Crippen MR) is 77.9 cm³/mol. The molecule has 1 unspecified atom stereocenters. The molecule has 2 rings (SSSR count). The van der Waals surface area contributed by atoms with Crippen LogP contribution in [0.1, 0.15) is 30.3 Å². The molecule has 0 saturated heterocycles. The molecule has 3 heteroatoms. The normalized spacial score (nSPS) is 12.7. The molecule has 0 spiro atoms. The van der Waals surface area contributed by atoms with E-state index in [0.717, 1.165) is 11.3 Å². The second-order valence-electron chi connectivity index (χ2n) is 4.74. The maximum absolute atomic E-state index is 9.03. The van der Waals surface area contributed by atoms with Gasteiger partial charge in [-0.05, 0) is 35.1 Å². The van der Waals surface area contributed by atoms with Crippen molar-refractivity contribution in [2.75, 3.05) is 5.32 Å². The van der Waals surface area contributed by atoms with Crippen LogP contribution < -0.4 is 5.32 Å². The van der Waals surface area contributed by atoms with Crippen molar-refractivity contribution in [2.24, 2.45) is 5.92 Å². The van der Waals surface area contributed by atoms with Gasteiger partial charge in [-0.1, -0.05) is 32.0 Å². The smallest absolute Gasteiger partial charge is 0.0681 e. The van der Waals surface area contributed by atoms with E-state index in [0.29, 0.717) is 12.0 Å². The molecule has 2 nitrogen and oxygen atoms in total. The molecule has 0 fully saturated rings. The quantitative estimate of drug-likeness (QED) is 0.851. The summed E-state index contributed by atoms with van der Waals surface area (Å²) in [5.74, 6) is 0.529. The minimum Gasteiger partial charge on any atom is -0.392 e. The van der Waals surface area contributed by atoms with Gasteiger partial charge in [0, 0.05) is 10.6 Å². The molecule has 0 aliphatic carbocycles. The first-order valence-corrected chi connectivity index (χ1v) is 7.08. The summed E-state index contributed by atoms with van der Waals surface area (Å²) in [5, 5.41) is 14.7. The monoisotopic (exact) mass is 261 g/mol. The average molecular weight is 261 g/mol. The third-order valence-electron chi connectivity index (χ3n) is 2.98. The molecule has 0 aliphatic rings. The third kappa shape index (κ3) is 3.12. The Hall–Kier alpha value is -1.32. The molecule has 1 aromatic heterocycles. The van der Waals surface area contributed by atoms with Gasteiger partial charge in [0.05, 0.1) is 12.6 Å². The first kappa shape index (κ1) is 13.1. The summed E-state index contributed by atoms with van der Waals surface area (Å²) in [6.07, 6.45) is 0. The van der Waals surface area contributed by atoms with Crippen molar-refractivity contribution in [1.29, 1.82) is 0 Å². The van der Waals surface area contributed by atoms with Crippen molar-refractivity contribution in [1.82, 2.24) is 0 Å². The Morgan fingerprint density at radius 2 is 1.89 bits per heavy atom. The number of aliphatic hydroxyl groups excluding tert-OH is 1. The first-order valence-electron chi connectivity index (χ1n) is 6.20. The van der Waals surface area contributed by atoms with Gasteiger partial charge in [0.1, 0.15) is 0 Å². The van der Waals surface area contributed by atoms with E-state index in [4.69, 9.17) is 5.11 Å². The van der Waals surface area contributed by atoms with Crippen LogP contribution >= 0.6 is 11.3 Å². The highest BCUT2D eigenvalue weighted by Crippen LogP contribution is 2.29. The van der Waals surface area contributed by atoms with Crippen LogP contribution in [0.5, 0.6) is 0 Å². The van der Waals surface area contributed by atoms with Gasteiger partial charge in [0.2, 0.25) is 0 Å². The number of anilines is 1. The van der Waals surface area contributed by atoms with E-state index in [2.05, 4.69) is 36.7 Å². The van der Waals surface area contributed by atoms with E-state index in [9.17, 15) is 0 Å². The van der Waals surface area contributed by atoms with E-state index in [1.54, 1.807) is 11.3 Å². The topological polar surface area (TPSA) is 32.3 Å². The fourth-order valence-electron chi connectivity index (χ4n) is 1.92. The molecular weight excluding hydrogens is 242 g/mol. The molecule has 0 amide bonds. The molecule has 2 N–H and O–H groups in total. The van der Waals surface area contributed by atoms with E-state index >= 15 is 0 Å². The summed E-state index contributed by atoms with van der Waals surface area (Å²) < 4.78 is 0. The summed E-state index contributed by atoms with van der Waals surface area (Å²) in [5.41, 5.74) is 2.04. The van der Waals surface area contributed by atoms with Crippen LogP contribution in [0.15, 0.2) is 41.8 Å². The van der Waals surface area contributed by atoms with Crippen molar-refractivity contribution < 1.29 is 5.11 Å². The van der Waals surface area contributed by atoms with Crippen molar-refractivity contribution >= 4 is 17.0 Å². The van der Waals surface area contributed by atoms with Gasteiger partial charge in [-0.2, -0.15) is 0 Å². The van der Waals surface area contributed by atoms with Crippen LogP contribution in [0.2, 0.25) is 0 Å². The van der Waals surface area contributed by atoms with Crippen molar-refractivity contribution in [3.63, 3.8) is 0 Å². The highest BCUT2D eigenvalue weighted by Gasteiger charge is 2.16. The standard InChI is InChI=1S/C15H19NOS/c1-11(2)15(14-4-3-9-18-14)16-13-7-5-12(10-17)6-8-13/h3-9,11,15-17H,10H2,1-2H3. The SMILES string of the molecule is CC(C)C(Nc1ccc(CO)cc1)c1cccs1. The van der Waals surface area contributed by atoms with Crippen LogP contribution in [0.25, 0.3) is 0 Å². The molecule has 2 aromatic rings. The second kappa shape index (κ2) is 6.03. The number of nitrogens with one attached hydrogen (secondary N) is 1. The number of hydrogen-bond donors (Lipinski definition) is 2. The van der Waals surface area contributed by atoms with Gasteiger partial charge < -0.3 is 10.4 Å². The lowest BCUT2D eigenvalue weighted by atomic mass is 10.0. The minimum atomic E-state index is 0.0960. The third-order valence-corrected chi connectivity index (χ3v) is 3.93. The van der Waals surface area contributed by atoms with Gasteiger partial charge in [-0.25, -0.2) is 0 Å². The van der Waals surface area contributed by atoms with Crippen molar-refractivity contribution in [3.8, 4) is 0 Å². The Balaban J connectivity index is 2.13. The van der Waals surface area contributed by atoms with Gasteiger partial charge in [0.15, 0.2) is 0 Å². The van der Waals surface area contributed by atoms with E-state index in [1.165, 1.54) is 4.88 Å². The molecule has 0 radical (unpaired) electrons. The fourth-order valence-corrected chi connectivity index (χ4v) is 2.87. The van der Waals surface area contributed by atoms with Gasteiger partial charge in [-0.15, -0.1) is 11.3 Å². The zero-order chi connectivity index (χ0) is 13.0. The van der Waals surface area contributed by atoms with Gasteiger partial charge in [0.25, 0.3) is 0 Å². The molecule has 0 aliphatic heterocycles. The molecule has 18 heavy (non-hydrogen) atoms. The lowest BCUT2D eigenvalue weighted by Gasteiger charge is -2.22. The van der Waals surface area contributed by atoms with E-state index < -0.39 is 0 Å². The summed E-state index contributed by atoms with van der Waals surface area (Å²) >= 11 is 1.78. The molecule has 0 bridgehead atoms. The number of benzene rings is 1. The Bertz CT molecular complexity index is 462. The highest BCUT2D eigenvalue weighted by molar-refractivity contribution is 7.10. The van der Waals surface area contributed by atoms with E-state index in [-0.39, 0.29) is 6.61 Å². The van der Waals surface area contributed by atoms with Crippen LogP contribution in [0, 0.1) is 5.92 Å².